The molecule has 5 rings (SSSR count). The highest BCUT2D eigenvalue weighted by Crippen LogP contribution is 2.41. The Morgan fingerprint density at radius 1 is 0.905 bits per heavy atom. The van der Waals surface area contributed by atoms with Crippen molar-refractivity contribution in [2.75, 3.05) is 25.4 Å². The molecule has 2 aliphatic heterocycles. The number of ether oxygens (including phenoxy) is 2. The summed E-state index contributed by atoms with van der Waals surface area (Å²) in [5, 5.41) is 3.10. The molecule has 2 heterocycles. The van der Waals surface area contributed by atoms with Gasteiger partial charge in [-0.05, 0) is 61.9 Å². The Labute approximate surface area is 248 Å². The quantitative estimate of drug-likeness (QED) is 0.418. The molecule has 2 saturated heterocycles. The van der Waals surface area contributed by atoms with Crippen molar-refractivity contribution in [3.63, 3.8) is 0 Å². The van der Waals surface area contributed by atoms with Crippen LogP contribution in [0.25, 0.3) is 0 Å². The molecule has 2 atom stereocenters. The maximum Gasteiger partial charge on any atom is 0.317 e. The van der Waals surface area contributed by atoms with Crippen molar-refractivity contribution in [2.24, 2.45) is 0 Å². The smallest absolute Gasteiger partial charge is 0.317 e. The van der Waals surface area contributed by atoms with Crippen molar-refractivity contribution >= 4 is 21.8 Å². The van der Waals surface area contributed by atoms with Crippen LogP contribution in [-0.4, -0.2) is 63.0 Å². The second-order valence-corrected chi connectivity index (χ2v) is 13.8. The highest BCUT2D eigenvalue weighted by molar-refractivity contribution is 7.92. The summed E-state index contributed by atoms with van der Waals surface area (Å²) in [6, 6.07) is 16.0. The van der Waals surface area contributed by atoms with E-state index >= 15 is 0 Å². The number of para-hydroxylation sites is 1. The summed E-state index contributed by atoms with van der Waals surface area (Å²) in [6.45, 7) is 0.806. The van der Waals surface area contributed by atoms with Gasteiger partial charge in [0, 0.05) is 32.2 Å². The van der Waals surface area contributed by atoms with Gasteiger partial charge in [-0.25, -0.2) is 23.5 Å². The number of nitrogens with zero attached hydrogens (tertiary/aromatic N) is 1. The predicted octanol–water partition coefficient (Wildman–Crippen LogP) is 4.80. The molecule has 3 fully saturated rings. The molecular weight excluding hydrogens is 558 g/mol. The molecule has 3 aliphatic rings. The molecule has 3 amide bonds. The molecule has 2 aromatic rings. The van der Waals surface area contributed by atoms with Crippen LogP contribution in [0, 0.1) is 0 Å². The van der Waals surface area contributed by atoms with Gasteiger partial charge in [0.25, 0.3) is 0 Å². The SMILES string of the molecule is O=C(CC1(c2ccc(Oc3ccccc3)cc2)CCN(C(=O)NC2CCCCC2)CCS1(=O)=O)NOC1CCCCO1. The number of carbonyl (C=O) groups excluding carboxylic acids is 2. The number of hydrogen-bond acceptors (Lipinski definition) is 7. The van der Waals surface area contributed by atoms with E-state index < -0.39 is 26.8 Å². The topological polar surface area (TPSA) is 123 Å². The first-order chi connectivity index (χ1) is 20.3. The predicted molar refractivity (Wildman–Crippen MR) is 157 cm³/mol. The van der Waals surface area contributed by atoms with E-state index in [0.717, 1.165) is 38.5 Å². The highest BCUT2D eigenvalue weighted by atomic mass is 32.2. The van der Waals surface area contributed by atoms with Gasteiger partial charge in [0.05, 0.1) is 12.2 Å². The fourth-order valence-corrected chi connectivity index (χ4v) is 8.13. The Bertz CT molecular complexity index is 1290. The number of carbonyl (C=O) groups is 2. The van der Waals surface area contributed by atoms with Crippen LogP contribution in [0.3, 0.4) is 0 Å². The largest absolute Gasteiger partial charge is 0.457 e. The van der Waals surface area contributed by atoms with Crippen LogP contribution in [0.5, 0.6) is 11.5 Å². The molecule has 1 aliphatic carbocycles. The Hall–Kier alpha value is -3.15. The number of urea groups is 1. The Kier molecular flexibility index (Phi) is 10.0. The van der Waals surface area contributed by atoms with Crippen LogP contribution in [0.2, 0.25) is 0 Å². The van der Waals surface area contributed by atoms with E-state index in [1.807, 2.05) is 30.3 Å². The second-order valence-electron chi connectivity index (χ2n) is 11.4. The lowest BCUT2D eigenvalue weighted by molar-refractivity contribution is -0.200. The van der Waals surface area contributed by atoms with E-state index in [4.69, 9.17) is 14.3 Å². The first-order valence-electron chi connectivity index (χ1n) is 15.0. The lowest BCUT2D eigenvalue weighted by atomic mass is 9.90. The standard InChI is InChI=1S/C31H41N3O7S/c35-28(33-41-29-13-7-8-21-39-29)23-31(24-14-16-27(17-15-24)40-26-11-5-2-6-12-26)18-19-34(20-22-42(31,37)38)30(36)32-25-9-3-1-4-10-25/h2,5-6,11-12,14-17,25,29H,1,3-4,7-10,13,18-23H2,(H,32,36)(H,33,35). The molecule has 2 unspecified atom stereocenters. The number of hydroxylamine groups is 1. The van der Waals surface area contributed by atoms with Gasteiger partial charge in [0.15, 0.2) is 16.1 Å². The normalized spacial score (nSPS) is 24.8. The van der Waals surface area contributed by atoms with E-state index in [0.29, 0.717) is 30.1 Å². The minimum Gasteiger partial charge on any atom is -0.457 e. The van der Waals surface area contributed by atoms with Gasteiger partial charge in [-0.2, -0.15) is 0 Å². The van der Waals surface area contributed by atoms with E-state index in [1.165, 1.54) is 6.42 Å². The van der Waals surface area contributed by atoms with Crippen LogP contribution in [0.1, 0.15) is 69.8 Å². The fraction of sp³-hybridized carbons (Fsp3) is 0.548. The third-order valence-corrected chi connectivity index (χ3v) is 11.0. The molecule has 1 saturated carbocycles. The summed E-state index contributed by atoms with van der Waals surface area (Å²) >= 11 is 0. The van der Waals surface area contributed by atoms with Crippen molar-refractivity contribution in [3.8, 4) is 11.5 Å². The van der Waals surface area contributed by atoms with Crippen molar-refractivity contribution in [1.29, 1.82) is 0 Å². The van der Waals surface area contributed by atoms with Crippen molar-refractivity contribution in [2.45, 2.75) is 81.3 Å². The molecule has 2 N–H and O–H groups in total. The third-order valence-electron chi connectivity index (χ3n) is 8.48. The average Bonchev–Trinajstić information content (AvgIpc) is 3.14. The summed E-state index contributed by atoms with van der Waals surface area (Å²) in [4.78, 5) is 33.5. The van der Waals surface area contributed by atoms with Crippen LogP contribution >= 0.6 is 0 Å². The van der Waals surface area contributed by atoms with E-state index in [2.05, 4.69) is 10.8 Å². The molecule has 0 bridgehead atoms. The van der Waals surface area contributed by atoms with E-state index in [1.54, 1.807) is 29.2 Å². The molecule has 11 heteroatoms. The lowest BCUT2D eigenvalue weighted by Gasteiger charge is -2.33. The van der Waals surface area contributed by atoms with Crippen molar-refractivity contribution < 1.29 is 32.3 Å². The first kappa shape index (κ1) is 30.3. The fourth-order valence-electron chi connectivity index (χ4n) is 6.03. The second kappa shape index (κ2) is 13.9. The molecule has 10 nitrogen and oxygen atoms in total. The molecule has 2 aromatic carbocycles. The van der Waals surface area contributed by atoms with Gasteiger partial charge in [0.1, 0.15) is 16.2 Å². The monoisotopic (exact) mass is 599 g/mol. The third kappa shape index (κ3) is 7.43. The molecule has 228 valence electrons. The summed E-state index contributed by atoms with van der Waals surface area (Å²) in [5.41, 5.74) is 2.91. The minimum absolute atomic E-state index is 0.0614. The molecule has 42 heavy (non-hydrogen) atoms. The Morgan fingerprint density at radius 2 is 1.62 bits per heavy atom. The maximum absolute atomic E-state index is 14.1. The van der Waals surface area contributed by atoms with Gasteiger partial charge in [-0.1, -0.05) is 49.6 Å². The zero-order valence-corrected chi connectivity index (χ0v) is 24.8. The van der Waals surface area contributed by atoms with Crippen LogP contribution in [0.4, 0.5) is 4.79 Å². The van der Waals surface area contributed by atoms with E-state index in [9.17, 15) is 18.0 Å². The van der Waals surface area contributed by atoms with Crippen LogP contribution in [-0.2, 0) is 29.0 Å². The average molecular weight is 600 g/mol. The lowest BCUT2D eigenvalue weighted by Crippen LogP contribution is -2.46. The molecule has 0 radical (unpaired) electrons. The maximum atomic E-state index is 14.1. The number of amides is 3. The number of benzene rings is 2. The summed E-state index contributed by atoms with van der Waals surface area (Å²) in [5.74, 6) is 0.384. The van der Waals surface area contributed by atoms with Gasteiger partial charge in [0.2, 0.25) is 5.91 Å². The van der Waals surface area contributed by atoms with Gasteiger partial charge in [-0.3, -0.25) is 4.79 Å². The number of sulfone groups is 1. The number of hydrogen-bond donors (Lipinski definition) is 2. The molecule has 0 aromatic heterocycles. The van der Waals surface area contributed by atoms with Gasteiger partial charge >= 0.3 is 6.03 Å². The van der Waals surface area contributed by atoms with Gasteiger partial charge < -0.3 is 19.7 Å². The first-order valence-corrected chi connectivity index (χ1v) is 16.7. The summed E-state index contributed by atoms with van der Waals surface area (Å²) < 4.78 is 38.0. The zero-order valence-electron chi connectivity index (χ0n) is 24.0. The zero-order chi connectivity index (χ0) is 29.4. The number of rotatable bonds is 8. The van der Waals surface area contributed by atoms with Gasteiger partial charge in [-0.15, -0.1) is 0 Å². The minimum atomic E-state index is -3.89. The van der Waals surface area contributed by atoms with Crippen LogP contribution < -0.4 is 15.5 Å². The Morgan fingerprint density at radius 3 is 2.33 bits per heavy atom. The van der Waals surface area contributed by atoms with Crippen LogP contribution in [0.15, 0.2) is 54.6 Å². The van der Waals surface area contributed by atoms with Crippen molar-refractivity contribution in [1.82, 2.24) is 15.7 Å². The summed E-state index contributed by atoms with van der Waals surface area (Å²) in [6.07, 6.45) is 6.87. The number of nitrogens with one attached hydrogen (secondary N) is 2. The molecular formula is C31H41N3O7S. The summed E-state index contributed by atoms with van der Waals surface area (Å²) in [7, 11) is -3.89. The molecule has 0 spiro atoms. The van der Waals surface area contributed by atoms with Crippen molar-refractivity contribution in [3.05, 3.63) is 60.2 Å². The Balaban J connectivity index is 1.36. The van der Waals surface area contributed by atoms with E-state index in [-0.39, 0.29) is 43.8 Å². The highest BCUT2D eigenvalue weighted by Gasteiger charge is 2.49.